The molecule has 7 heteroatoms. The standard InChI is InChI=1S/C20H29ClN4O2/c1-13-16(21)14-5-7-22-9-15(14)23-17(13)24-8-6-20(10-24)11-25(12-20)18(26)27-19(2,3)4/h22H,5-12H2,1-4H3. The second-order valence-corrected chi connectivity index (χ2v) is 9.61. The summed E-state index contributed by atoms with van der Waals surface area (Å²) in [6.07, 6.45) is 1.81. The first-order valence-corrected chi connectivity index (χ1v) is 10.2. The molecule has 1 spiro atoms. The summed E-state index contributed by atoms with van der Waals surface area (Å²) >= 11 is 6.68. The maximum atomic E-state index is 12.2. The molecule has 3 aliphatic rings. The topological polar surface area (TPSA) is 57.7 Å². The molecule has 0 aliphatic carbocycles. The third kappa shape index (κ3) is 3.49. The highest BCUT2D eigenvalue weighted by Gasteiger charge is 2.50. The summed E-state index contributed by atoms with van der Waals surface area (Å²) < 4.78 is 5.49. The minimum atomic E-state index is -0.448. The molecular formula is C20H29ClN4O2. The molecule has 1 N–H and O–H groups in total. The minimum Gasteiger partial charge on any atom is -0.444 e. The number of carbonyl (C=O) groups excluding carboxylic acids is 1. The van der Waals surface area contributed by atoms with Crippen LogP contribution in [0, 0.1) is 12.3 Å². The van der Waals surface area contributed by atoms with Gasteiger partial charge in [0.25, 0.3) is 0 Å². The number of likely N-dealkylation sites (tertiary alicyclic amines) is 1. The second-order valence-electron chi connectivity index (χ2n) is 9.23. The van der Waals surface area contributed by atoms with Crippen molar-refractivity contribution in [2.75, 3.05) is 37.6 Å². The number of rotatable bonds is 1. The van der Waals surface area contributed by atoms with Crippen molar-refractivity contribution in [3.05, 3.63) is 21.8 Å². The van der Waals surface area contributed by atoms with Crippen LogP contribution in [0.2, 0.25) is 5.02 Å². The molecule has 1 aromatic heterocycles. The van der Waals surface area contributed by atoms with Crippen LogP contribution in [0.3, 0.4) is 0 Å². The zero-order chi connectivity index (χ0) is 19.4. The SMILES string of the molecule is Cc1c(N2CCC3(CN(C(=O)OC(C)(C)C)C3)C2)nc2c(c1Cl)CCNC2. The van der Waals surface area contributed by atoms with Crippen LogP contribution in [0.5, 0.6) is 0 Å². The van der Waals surface area contributed by atoms with Crippen molar-refractivity contribution in [1.82, 2.24) is 15.2 Å². The van der Waals surface area contributed by atoms with Crippen molar-refractivity contribution in [2.45, 2.75) is 52.7 Å². The first kappa shape index (κ1) is 18.8. The minimum absolute atomic E-state index is 0.158. The van der Waals surface area contributed by atoms with Gasteiger partial charge in [0.05, 0.1) is 10.7 Å². The molecule has 0 aromatic carbocycles. The van der Waals surface area contributed by atoms with Gasteiger partial charge in [0.15, 0.2) is 0 Å². The number of aromatic nitrogens is 1. The van der Waals surface area contributed by atoms with Crippen molar-refractivity contribution in [3.8, 4) is 0 Å². The van der Waals surface area contributed by atoms with Crippen LogP contribution < -0.4 is 10.2 Å². The number of ether oxygens (including phenoxy) is 1. The van der Waals surface area contributed by atoms with Crippen LogP contribution in [0.25, 0.3) is 0 Å². The molecule has 1 amide bonds. The average Bonchev–Trinajstić information content (AvgIpc) is 3.00. The van der Waals surface area contributed by atoms with Crippen LogP contribution in [0.15, 0.2) is 0 Å². The highest BCUT2D eigenvalue weighted by molar-refractivity contribution is 6.32. The van der Waals surface area contributed by atoms with Gasteiger partial charge in [-0.25, -0.2) is 9.78 Å². The maximum absolute atomic E-state index is 12.2. The fourth-order valence-corrected chi connectivity index (χ4v) is 4.74. The average molecular weight is 393 g/mol. The number of nitrogens with one attached hydrogen (secondary N) is 1. The molecule has 0 radical (unpaired) electrons. The largest absolute Gasteiger partial charge is 0.444 e. The zero-order valence-electron chi connectivity index (χ0n) is 16.7. The first-order valence-electron chi connectivity index (χ1n) is 9.79. The third-order valence-corrected chi connectivity index (χ3v) is 6.32. The Hall–Kier alpha value is -1.53. The Morgan fingerprint density at radius 1 is 1.30 bits per heavy atom. The Morgan fingerprint density at radius 3 is 2.74 bits per heavy atom. The van der Waals surface area contributed by atoms with Crippen molar-refractivity contribution < 1.29 is 9.53 Å². The third-order valence-electron chi connectivity index (χ3n) is 5.81. The van der Waals surface area contributed by atoms with Gasteiger partial charge >= 0.3 is 6.09 Å². The van der Waals surface area contributed by atoms with E-state index < -0.39 is 5.60 Å². The molecular weight excluding hydrogens is 364 g/mol. The summed E-state index contributed by atoms with van der Waals surface area (Å²) in [7, 11) is 0. The highest BCUT2D eigenvalue weighted by Crippen LogP contribution is 2.43. The van der Waals surface area contributed by atoms with E-state index in [1.165, 1.54) is 5.56 Å². The lowest BCUT2D eigenvalue weighted by molar-refractivity contribution is -0.0266. The Labute approximate surface area is 166 Å². The number of anilines is 1. The number of carbonyl (C=O) groups is 1. The number of pyridine rings is 1. The number of hydrogen-bond donors (Lipinski definition) is 1. The number of amides is 1. The molecule has 148 valence electrons. The van der Waals surface area contributed by atoms with Gasteiger partial charge in [-0.2, -0.15) is 0 Å². The summed E-state index contributed by atoms with van der Waals surface area (Å²) in [6, 6.07) is 0. The monoisotopic (exact) mass is 392 g/mol. The lowest BCUT2D eigenvalue weighted by Crippen LogP contribution is -2.60. The summed E-state index contributed by atoms with van der Waals surface area (Å²) in [4.78, 5) is 21.4. The van der Waals surface area contributed by atoms with Crippen molar-refractivity contribution in [1.29, 1.82) is 0 Å². The van der Waals surface area contributed by atoms with Gasteiger partial charge in [-0.1, -0.05) is 11.6 Å². The Morgan fingerprint density at radius 2 is 2.04 bits per heavy atom. The van der Waals surface area contributed by atoms with E-state index in [-0.39, 0.29) is 11.5 Å². The van der Waals surface area contributed by atoms with E-state index in [0.29, 0.717) is 0 Å². The predicted molar refractivity (Wildman–Crippen MR) is 106 cm³/mol. The van der Waals surface area contributed by atoms with Gasteiger partial charge in [-0.3, -0.25) is 0 Å². The Balaban J connectivity index is 1.45. The molecule has 2 fully saturated rings. The molecule has 0 bridgehead atoms. The number of fused-ring (bicyclic) bond motifs is 1. The maximum Gasteiger partial charge on any atom is 0.410 e. The quantitative estimate of drug-likeness (QED) is 0.795. The van der Waals surface area contributed by atoms with E-state index in [9.17, 15) is 4.79 Å². The van der Waals surface area contributed by atoms with Crippen molar-refractivity contribution in [2.24, 2.45) is 5.41 Å². The van der Waals surface area contributed by atoms with Gasteiger partial charge in [0, 0.05) is 43.7 Å². The van der Waals surface area contributed by atoms with E-state index in [1.54, 1.807) is 0 Å². The van der Waals surface area contributed by atoms with Crippen molar-refractivity contribution in [3.63, 3.8) is 0 Å². The molecule has 27 heavy (non-hydrogen) atoms. The summed E-state index contributed by atoms with van der Waals surface area (Å²) in [5.41, 5.74) is 3.07. The van der Waals surface area contributed by atoms with Gasteiger partial charge in [0.1, 0.15) is 11.4 Å². The van der Waals surface area contributed by atoms with Crippen LogP contribution in [-0.4, -0.2) is 54.3 Å². The second kappa shape index (κ2) is 6.52. The van der Waals surface area contributed by atoms with Crippen LogP contribution in [0.1, 0.15) is 44.0 Å². The Kier molecular flexibility index (Phi) is 4.54. The van der Waals surface area contributed by atoms with E-state index in [0.717, 1.165) is 74.2 Å². The van der Waals surface area contributed by atoms with Gasteiger partial charge in [0.2, 0.25) is 0 Å². The summed E-state index contributed by atoms with van der Waals surface area (Å²) in [6.45, 7) is 12.9. The normalized spacial score (nSPS) is 21.2. The molecule has 3 aliphatic heterocycles. The zero-order valence-corrected chi connectivity index (χ0v) is 17.4. The molecule has 4 heterocycles. The summed E-state index contributed by atoms with van der Waals surface area (Å²) in [5.74, 6) is 1.01. The number of halogens is 1. The van der Waals surface area contributed by atoms with Gasteiger partial charge in [-0.05, 0) is 52.6 Å². The summed E-state index contributed by atoms with van der Waals surface area (Å²) in [5, 5.41) is 4.26. The lowest BCUT2D eigenvalue weighted by Gasteiger charge is -2.47. The van der Waals surface area contributed by atoms with Gasteiger partial charge < -0.3 is 19.9 Å². The molecule has 1 aromatic rings. The number of nitrogens with zero attached hydrogens (tertiary/aromatic N) is 3. The molecule has 2 saturated heterocycles. The van der Waals surface area contributed by atoms with E-state index >= 15 is 0 Å². The van der Waals surface area contributed by atoms with Gasteiger partial charge in [-0.15, -0.1) is 0 Å². The molecule has 0 unspecified atom stereocenters. The molecule has 0 saturated carbocycles. The fourth-order valence-electron chi connectivity index (χ4n) is 4.45. The molecule has 6 nitrogen and oxygen atoms in total. The molecule has 4 rings (SSSR count). The molecule has 0 atom stereocenters. The van der Waals surface area contributed by atoms with Crippen LogP contribution in [-0.2, 0) is 17.7 Å². The Bertz CT molecular complexity index is 768. The van der Waals surface area contributed by atoms with Crippen LogP contribution in [0.4, 0.5) is 10.6 Å². The van der Waals surface area contributed by atoms with E-state index in [4.69, 9.17) is 21.3 Å². The number of hydrogen-bond acceptors (Lipinski definition) is 5. The highest BCUT2D eigenvalue weighted by atomic mass is 35.5. The first-order chi connectivity index (χ1) is 12.7. The smallest absolute Gasteiger partial charge is 0.410 e. The van der Waals surface area contributed by atoms with Crippen molar-refractivity contribution >= 4 is 23.5 Å². The van der Waals surface area contributed by atoms with Crippen LogP contribution >= 0.6 is 11.6 Å². The lowest BCUT2D eigenvalue weighted by atomic mass is 9.79. The van der Waals surface area contributed by atoms with E-state index in [2.05, 4.69) is 17.1 Å². The fraction of sp³-hybridized carbons (Fsp3) is 0.700. The predicted octanol–water partition coefficient (Wildman–Crippen LogP) is 3.14. The van der Waals surface area contributed by atoms with E-state index in [1.807, 2.05) is 25.7 Å².